The molecular weight excluding hydrogens is 328 g/mol. The number of carbonyl (C=O) groups excluding carboxylic acids is 4. The third-order valence-corrected chi connectivity index (χ3v) is 4.13. The predicted molar refractivity (Wildman–Crippen MR) is 86.9 cm³/mol. The highest BCUT2D eigenvalue weighted by Gasteiger charge is 2.44. The van der Waals surface area contributed by atoms with Crippen LogP contribution < -0.4 is 10.6 Å². The summed E-state index contributed by atoms with van der Waals surface area (Å²) in [7, 11) is 0. The van der Waals surface area contributed by atoms with Crippen LogP contribution in [0.25, 0.3) is 0 Å². The summed E-state index contributed by atoms with van der Waals surface area (Å²) < 4.78 is 4.83. The molecule has 1 fully saturated rings. The molecule has 0 aromatic carbocycles. The maximum atomic E-state index is 12.0. The van der Waals surface area contributed by atoms with Gasteiger partial charge in [0.25, 0.3) is 11.8 Å². The summed E-state index contributed by atoms with van der Waals surface area (Å²) >= 11 is 0. The Morgan fingerprint density at radius 1 is 1.40 bits per heavy atom. The number of rotatable bonds is 7. The van der Waals surface area contributed by atoms with Crippen molar-refractivity contribution in [3.63, 3.8) is 0 Å². The SMILES string of the molecule is CC(C)[C@@](C)(C#N)NC(=O)COC(=O)CCN1C(=O)NC(C)(C)C1=O. The van der Waals surface area contributed by atoms with Crippen LogP contribution >= 0.6 is 0 Å². The van der Waals surface area contributed by atoms with Crippen molar-refractivity contribution in [1.82, 2.24) is 15.5 Å². The van der Waals surface area contributed by atoms with E-state index in [9.17, 15) is 19.2 Å². The zero-order chi connectivity index (χ0) is 19.4. The fourth-order valence-corrected chi connectivity index (χ4v) is 2.07. The number of nitrogens with one attached hydrogen (secondary N) is 2. The Hall–Kier alpha value is -2.63. The number of carbonyl (C=O) groups is 4. The van der Waals surface area contributed by atoms with Crippen LogP contribution in [0.5, 0.6) is 0 Å². The molecule has 1 saturated heterocycles. The van der Waals surface area contributed by atoms with E-state index in [-0.39, 0.29) is 18.9 Å². The van der Waals surface area contributed by atoms with Crippen LogP contribution in [0.2, 0.25) is 0 Å². The minimum Gasteiger partial charge on any atom is -0.456 e. The molecule has 0 aromatic heterocycles. The lowest BCUT2D eigenvalue weighted by Gasteiger charge is -2.27. The van der Waals surface area contributed by atoms with Gasteiger partial charge in [0.2, 0.25) is 0 Å². The summed E-state index contributed by atoms with van der Waals surface area (Å²) in [4.78, 5) is 48.1. The Morgan fingerprint density at radius 2 is 2.00 bits per heavy atom. The Labute approximate surface area is 146 Å². The molecular formula is C16H24N4O5. The number of nitrogens with zero attached hydrogens (tertiary/aromatic N) is 2. The third-order valence-electron chi connectivity index (χ3n) is 4.13. The minimum atomic E-state index is -1.06. The normalized spacial score (nSPS) is 18.4. The van der Waals surface area contributed by atoms with Gasteiger partial charge in [-0.05, 0) is 26.7 Å². The molecule has 1 heterocycles. The standard InChI is InChI=1S/C16H24N4O5/c1-10(2)16(5,9-17)18-11(21)8-25-12(22)6-7-20-13(23)15(3,4)19-14(20)24/h10H,6-8H2,1-5H3,(H,18,21)(H,19,24)/t16-/m1/s1. The monoisotopic (exact) mass is 352 g/mol. The fourth-order valence-electron chi connectivity index (χ4n) is 2.07. The van der Waals surface area contributed by atoms with Crippen molar-refractivity contribution in [2.75, 3.05) is 13.2 Å². The van der Waals surface area contributed by atoms with Crippen molar-refractivity contribution < 1.29 is 23.9 Å². The number of nitriles is 1. The molecule has 1 aliphatic rings. The first kappa shape index (κ1) is 20.4. The molecule has 0 bridgehead atoms. The average Bonchev–Trinajstić information content (AvgIpc) is 2.71. The van der Waals surface area contributed by atoms with Crippen molar-refractivity contribution >= 4 is 23.8 Å². The quantitative estimate of drug-likeness (QED) is 0.501. The van der Waals surface area contributed by atoms with Gasteiger partial charge in [-0.25, -0.2) is 4.79 Å². The van der Waals surface area contributed by atoms with E-state index >= 15 is 0 Å². The van der Waals surface area contributed by atoms with E-state index in [1.807, 2.05) is 6.07 Å². The largest absolute Gasteiger partial charge is 0.456 e. The molecule has 0 aromatic rings. The Bertz CT molecular complexity index is 623. The predicted octanol–water partition coefficient (Wildman–Crippen LogP) is 0.305. The maximum Gasteiger partial charge on any atom is 0.325 e. The van der Waals surface area contributed by atoms with Gasteiger partial charge >= 0.3 is 12.0 Å². The summed E-state index contributed by atoms with van der Waals surface area (Å²) in [5, 5.41) is 14.1. The lowest BCUT2D eigenvalue weighted by atomic mass is 9.90. The zero-order valence-electron chi connectivity index (χ0n) is 15.1. The molecule has 9 nitrogen and oxygen atoms in total. The molecule has 138 valence electrons. The molecule has 25 heavy (non-hydrogen) atoms. The van der Waals surface area contributed by atoms with Crippen LogP contribution in [0.1, 0.15) is 41.0 Å². The number of hydrogen-bond acceptors (Lipinski definition) is 6. The van der Waals surface area contributed by atoms with E-state index in [0.29, 0.717) is 0 Å². The highest BCUT2D eigenvalue weighted by atomic mass is 16.5. The van der Waals surface area contributed by atoms with Gasteiger partial charge in [0.05, 0.1) is 12.5 Å². The number of imide groups is 1. The van der Waals surface area contributed by atoms with Gasteiger partial charge in [0.1, 0.15) is 11.1 Å². The topological polar surface area (TPSA) is 129 Å². The number of hydrogen-bond donors (Lipinski definition) is 2. The Morgan fingerprint density at radius 3 is 2.44 bits per heavy atom. The second-order valence-corrected chi connectivity index (χ2v) is 6.94. The summed E-state index contributed by atoms with van der Waals surface area (Å²) in [5.41, 5.74) is -2.06. The number of esters is 1. The minimum absolute atomic E-state index is 0.125. The second-order valence-electron chi connectivity index (χ2n) is 6.94. The maximum absolute atomic E-state index is 12.0. The summed E-state index contributed by atoms with van der Waals surface area (Å²) in [6, 6.07) is 1.45. The average molecular weight is 352 g/mol. The smallest absolute Gasteiger partial charge is 0.325 e. The molecule has 0 aliphatic carbocycles. The summed E-state index contributed by atoms with van der Waals surface area (Å²) in [5.74, 6) is -1.86. The molecule has 0 saturated carbocycles. The van der Waals surface area contributed by atoms with Gasteiger partial charge in [-0.15, -0.1) is 0 Å². The van der Waals surface area contributed by atoms with Gasteiger partial charge in [0, 0.05) is 6.54 Å². The van der Waals surface area contributed by atoms with Crippen molar-refractivity contribution in [1.29, 1.82) is 5.26 Å². The van der Waals surface area contributed by atoms with Crippen molar-refractivity contribution in [3.05, 3.63) is 0 Å². The molecule has 0 spiro atoms. The van der Waals surface area contributed by atoms with Crippen LogP contribution in [-0.2, 0) is 19.1 Å². The molecule has 4 amide bonds. The fraction of sp³-hybridized carbons (Fsp3) is 0.688. The van der Waals surface area contributed by atoms with Crippen molar-refractivity contribution in [3.8, 4) is 6.07 Å². The van der Waals surface area contributed by atoms with Gasteiger partial charge in [0.15, 0.2) is 6.61 Å². The van der Waals surface area contributed by atoms with E-state index in [0.717, 1.165) is 4.90 Å². The lowest BCUT2D eigenvalue weighted by molar-refractivity contribution is -0.149. The number of amides is 4. The molecule has 2 N–H and O–H groups in total. The van der Waals surface area contributed by atoms with Crippen LogP contribution in [0.3, 0.4) is 0 Å². The molecule has 1 aliphatic heterocycles. The van der Waals surface area contributed by atoms with Crippen LogP contribution in [0, 0.1) is 17.2 Å². The van der Waals surface area contributed by atoms with Crippen molar-refractivity contribution in [2.24, 2.45) is 5.92 Å². The summed E-state index contributed by atoms with van der Waals surface area (Å²) in [6.07, 6.45) is -0.220. The molecule has 0 unspecified atom stereocenters. The Kier molecular flexibility index (Phi) is 6.13. The highest BCUT2D eigenvalue weighted by Crippen LogP contribution is 2.17. The first-order valence-electron chi connectivity index (χ1n) is 7.95. The first-order chi connectivity index (χ1) is 11.4. The van der Waals surface area contributed by atoms with E-state index < -0.39 is 41.5 Å². The van der Waals surface area contributed by atoms with Gasteiger partial charge in [-0.1, -0.05) is 13.8 Å². The van der Waals surface area contributed by atoms with Crippen LogP contribution in [-0.4, -0.2) is 52.9 Å². The molecule has 1 atom stereocenters. The second kappa shape index (κ2) is 7.51. The lowest BCUT2D eigenvalue weighted by Crippen LogP contribution is -2.50. The Balaban J connectivity index is 2.44. The summed E-state index contributed by atoms with van der Waals surface area (Å²) in [6.45, 7) is 7.62. The number of ether oxygens (including phenoxy) is 1. The van der Waals surface area contributed by atoms with Crippen LogP contribution in [0.4, 0.5) is 4.79 Å². The molecule has 9 heteroatoms. The molecule has 1 rings (SSSR count). The van der Waals surface area contributed by atoms with Gasteiger partial charge in [-0.2, -0.15) is 5.26 Å². The zero-order valence-corrected chi connectivity index (χ0v) is 15.1. The van der Waals surface area contributed by atoms with Crippen LogP contribution in [0.15, 0.2) is 0 Å². The third kappa shape index (κ3) is 4.92. The number of urea groups is 1. The first-order valence-corrected chi connectivity index (χ1v) is 7.95. The van der Waals surface area contributed by atoms with E-state index in [1.54, 1.807) is 34.6 Å². The highest BCUT2D eigenvalue weighted by molar-refractivity contribution is 6.06. The van der Waals surface area contributed by atoms with E-state index in [1.165, 1.54) is 0 Å². The van der Waals surface area contributed by atoms with Gasteiger partial charge in [-0.3, -0.25) is 19.3 Å². The van der Waals surface area contributed by atoms with Gasteiger partial charge < -0.3 is 15.4 Å². The molecule has 0 radical (unpaired) electrons. The van der Waals surface area contributed by atoms with E-state index in [2.05, 4.69) is 10.6 Å². The van der Waals surface area contributed by atoms with Crippen molar-refractivity contribution in [2.45, 2.75) is 52.1 Å². The van der Waals surface area contributed by atoms with E-state index in [4.69, 9.17) is 10.00 Å².